The number of aliphatic hydroxyl groups is 1. The van der Waals surface area contributed by atoms with Crippen LogP contribution >= 0.6 is 35.3 Å². The Morgan fingerprint density at radius 2 is 2.21 bits per heavy atom. The third-order valence-corrected chi connectivity index (χ3v) is 5.83. The highest BCUT2D eigenvalue weighted by Crippen LogP contribution is 2.35. The molecule has 2 unspecified atom stereocenters. The molecule has 2 atom stereocenters. The summed E-state index contributed by atoms with van der Waals surface area (Å²) in [7, 11) is 1.68. The van der Waals surface area contributed by atoms with Crippen LogP contribution in [-0.2, 0) is 18.6 Å². The van der Waals surface area contributed by atoms with E-state index in [4.69, 9.17) is 9.47 Å². The molecule has 0 aliphatic carbocycles. The molecule has 1 aromatic carbocycles. The molecule has 3 N–H and O–H groups in total. The van der Waals surface area contributed by atoms with E-state index in [0.717, 1.165) is 34.9 Å². The van der Waals surface area contributed by atoms with E-state index in [1.54, 1.807) is 25.4 Å². The summed E-state index contributed by atoms with van der Waals surface area (Å²) in [5.41, 5.74) is 1.19. The molecule has 3 rings (SSSR count). The van der Waals surface area contributed by atoms with Crippen molar-refractivity contribution in [2.75, 3.05) is 20.2 Å². The lowest BCUT2D eigenvalue weighted by Crippen LogP contribution is -2.44. The molecule has 2 aromatic rings. The molecule has 6 nitrogen and oxygen atoms in total. The lowest BCUT2D eigenvalue weighted by atomic mass is 10.1. The largest absolute Gasteiger partial charge is 0.496 e. The van der Waals surface area contributed by atoms with Crippen LogP contribution in [0, 0.1) is 0 Å². The topological polar surface area (TPSA) is 75.1 Å². The van der Waals surface area contributed by atoms with Gasteiger partial charge in [-0.2, -0.15) is 0 Å². The predicted molar refractivity (Wildman–Crippen MR) is 129 cm³/mol. The van der Waals surface area contributed by atoms with E-state index < -0.39 is 5.60 Å². The molecule has 29 heavy (non-hydrogen) atoms. The first-order chi connectivity index (χ1) is 13.4. The van der Waals surface area contributed by atoms with Crippen LogP contribution in [0.1, 0.15) is 36.8 Å². The summed E-state index contributed by atoms with van der Waals surface area (Å²) in [4.78, 5) is 5.59. The van der Waals surface area contributed by atoms with Crippen molar-refractivity contribution < 1.29 is 14.6 Å². The van der Waals surface area contributed by atoms with Gasteiger partial charge in [-0.15, -0.1) is 35.3 Å². The van der Waals surface area contributed by atoms with Crippen LogP contribution in [-0.4, -0.2) is 37.4 Å². The number of hydrogen-bond acceptors (Lipinski definition) is 5. The summed E-state index contributed by atoms with van der Waals surface area (Å²) < 4.78 is 11.4. The van der Waals surface area contributed by atoms with E-state index in [9.17, 15) is 5.11 Å². The van der Waals surface area contributed by atoms with E-state index in [1.807, 2.05) is 36.6 Å². The number of nitrogens with zero attached hydrogens (tertiary/aromatic N) is 1. The van der Waals surface area contributed by atoms with Crippen LogP contribution in [0.4, 0.5) is 0 Å². The zero-order chi connectivity index (χ0) is 20.1. The van der Waals surface area contributed by atoms with Crippen LogP contribution in [0.25, 0.3) is 0 Å². The molecule has 0 amide bonds. The second-order valence-corrected chi connectivity index (χ2v) is 8.15. The second-order valence-electron chi connectivity index (χ2n) is 7.20. The maximum atomic E-state index is 10.7. The number of ether oxygens (including phenoxy) is 2. The summed E-state index contributed by atoms with van der Waals surface area (Å²) in [5, 5.41) is 19.1. The number of aliphatic imine (C=N–C) groups is 1. The number of nitrogens with one attached hydrogen (secondary N) is 2. The maximum absolute atomic E-state index is 10.7. The Bertz CT molecular complexity index is 825. The fourth-order valence-electron chi connectivity index (χ4n) is 3.23. The quantitative estimate of drug-likeness (QED) is 0.289. The van der Waals surface area contributed by atoms with Crippen LogP contribution in [0.5, 0.6) is 11.5 Å². The van der Waals surface area contributed by atoms with E-state index in [1.165, 1.54) is 5.56 Å². The number of fused-ring (bicyclic) bond motifs is 1. The van der Waals surface area contributed by atoms with Crippen LogP contribution < -0.4 is 20.1 Å². The normalized spacial score (nSPS) is 17.6. The maximum Gasteiger partial charge on any atom is 0.191 e. The van der Waals surface area contributed by atoms with Gasteiger partial charge < -0.3 is 25.2 Å². The molecule has 0 saturated heterocycles. The van der Waals surface area contributed by atoms with E-state index in [-0.39, 0.29) is 30.1 Å². The minimum absolute atomic E-state index is 0. The van der Waals surface area contributed by atoms with Crippen LogP contribution in [0.15, 0.2) is 34.6 Å². The van der Waals surface area contributed by atoms with Gasteiger partial charge in [0.15, 0.2) is 5.96 Å². The number of methoxy groups -OCH3 is 1. The highest BCUT2D eigenvalue weighted by Gasteiger charge is 2.25. The Balaban J connectivity index is 0.00000300. The van der Waals surface area contributed by atoms with Gasteiger partial charge in [0.2, 0.25) is 0 Å². The van der Waals surface area contributed by atoms with Gasteiger partial charge >= 0.3 is 0 Å². The van der Waals surface area contributed by atoms with Gasteiger partial charge in [-0.25, -0.2) is 4.99 Å². The van der Waals surface area contributed by atoms with Crippen molar-refractivity contribution in [3.8, 4) is 11.5 Å². The predicted octanol–water partition coefficient (Wildman–Crippen LogP) is 3.66. The average Bonchev–Trinajstić information content (AvgIpc) is 3.32. The minimum Gasteiger partial charge on any atom is -0.496 e. The van der Waals surface area contributed by atoms with Crippen molar-refractivity contribution in [3.05, 3.63) is 45.6 Å². The van der Waals surface area contributed by atoms with Gasteiger partial charge in [0.05, 0.1) is 20.2 Å². The van der Waals surface area contributed by atoms with Crippen LogP contribution in [0.2, 0.25) is 0 Å². The van der Waals surface area contributed by atoms with Crippen molar-refractivity contribution in [2.24, 2.45) is 4.99 Å². The lowest BCUT2D eigenvalue weighted by molar-refractivity contribution is 0.0655. The van der Waals surface area contributed by atoms with Gasteiger partial charge in [-0.05, 0) is 44.4 Å². The van der Waals surface area contributed by atoms with Crippen molar-refractivity contribution >= 4 is 41.3 Å². The fraction of sp³-hybridized carbons (Fsp3) is 0.476. The summed E-state index contributed by atoms with van der Waals surface area (Å²) in [6.45, 7) is 7.43. The fourth-order valence-corrected chi connectivity index (χ4v) is 4.02. The molecule has 1 aliphatic rings. The summed E-state index contributed by atoms with van der Waals surface area (Å²) in [5.74, 6) is 2.38. The Morgan fingerprint density at radius 1 is 1.41 bits per heavy atom. The lowest BCUT2D eigenvalue weighted by Gasteiger charge is -2.23. The molecule has 0 fully saturated rings. The molecule has 2 heterocycles. The molecule has 8 heteroatoms. The van der Waals surface area contributed by atoms with Crippen molar-refractivity contribution in [1.29, 1.82) is 0 Å². The zero-order valence-electron chi connectivity index (χ0n) is 17.3. The number of hydrogen-bond donors (Lipinski definition) is 3. The first-order valence-corrected chi connectivity index (χ1v) is 10.5. The Morgan fingerprint density at radius 3 is 2.86 bits per heavy atom. The first-order valence-electron chi connectivity index (χ1n) is 9.58. The number of thiophene rings is 1. The van der Waals surface area contributed by atoms with E-state index >= 15 is 0 Å². The van der Waals surface area contributed by atoms with Gasteiger partial charge in [-0.1, -0.05) is 6.07 Å². The monoisotopic (exact) mass is 531 g/mol. The molecule has 0 bridgehead atoms. The Kier molecular flexibility index (Phi) is 8.59. The third kappa shape index (κ3) is 5.99. The summed E-state index contributed by atoms with van der Waals surface area (Å²) in [6, 6.07) is 7.95. The highest BCUT2D eigenvalue weighted by molar-refractivity contribution is 14.0. The number of halogens is 1. The first kappa shape index (κ1) is 23.8. The van der Waals surface area contributed by atoms with Crippen molar-refractivity contribution in [2.45, 2.75) is 45.4 Å². The standard InChI is InChI=1S/C21H29N3O3S.HI/c1-5-22-20(24-13-21(3,25)19-7-6-8-28-19)23-12-16-11-18-15(9-14(2)27-18)10-17(16)26-4;/h6-8,10-11,14,25H,5,9,12-13H2,1-4H3,(H2,22,23,24);1H. The Labute approximate surface area is 193 Å². The molecule has 160 valence electrons. The minimum atomic E-state index is -0.959. The number of benzene rings is 1. The molecular formula is C21H30IN3O3S. The van der Waals surface area contributed by atoms with Crippen LogP contribution in [0.3, 0.4) is 0 Å². The third-order valence-electron chi connectivity index (χ3n) is 4.70. The molecule has 1 aromatic heterocycles. The average molecular weight is 531 g/mol. The molecular weight excluding hydrogens is 501 g/mol. The number of guanidine groups is 1. The van der Waals surface area contributed by atoms with E-state index in [2.05, 4.69) is 22.5 Å². The molecule has 0 saturated carbocycles. The molecule has 0 spiro atoms. The van der Waals surface area contributed by atoms with Gasteiger partial charge in [-0.3, -0.25) is 0 Å². The highest BCUT2D eigenvalue weighted by atomic mass is 127. The summed E-state index contributed by atoms with van der Waals surface area (Å²) >= 11 is 1.54. The molecule has 1 aliphatic heterocycles. The zero-order valence-corrected chi connectivity index (χ0v) is 20.5. The second kappa shape index (κ2) is 10.5. The van der Waals surface area contributed by atoms with E-state index in [0.29, 0.717) is 19.0 Å². The van der Waals surface area contributed by atoms with Crippen molar-refractivity contribution in [3.63, 3.8) is 0 Å². The number of rotatable bonds is 7. The summed E-state index contributed by atoms with van der Waals surface area (Å²) in [6.07, 6.45) is 1.09. The van der Waals surface area contributed by atoms with Gasteiger partial charge in [0, 0.05) is 29.0 Å². The smallest absolute Gasteiger partial charge is 0.191 e. The molecule has 0 radical (unpaired) electrons. The van der Waals surface area contributed by atoms with Crippen molar-refractivity contribution in [1.82, 2.24) is 10.6 Å². The SMILES string of the molecule is CCNC(=NCc1cc2c(cc1OC)CC(C)O2)NCC(C)(O)c1cccs1.I. The van der Waals surface area contributed by atoms with Gasteiger partial charge in [0.25, 0.3) is 0 Å². The Hall–Kier alpha value is -1.52. The van der Waals surface area contributed by atoms with Gasteiger partial charge in [0.1, 0.15) is 23.2 Å².